The van der Waals surface area contributed by atoms with Gasteiger partial charge in [-0.15, -0.1) is 5.06 Å². The van der Waals surface area contributed by atoms with Crippen LogP contribution in [-0.4, -0.2) is 74.4 Å². The van der Waals surface area contributed by atoms with Gasteiger partial charge in [-0.2, -0.15) is 0 Å². The van der Waals surface area contributed by atoms with Gasteiger partial charge in [0.25, 0.3) is 17.5 Å². The molecule has 2 aliphatic rings. The van der Waals surface area contributed by atoms with E-state index in [1.807, 2.05) is 20.8 Å². The number of carbonyl (C=O) groups excluding carboxylic acids is 5. The van der Waals surface area contributed by atoms with E-state index in [0.717, 1.165) is 23.1 Å². The lowest BCUT2D eigenvalue weighted by molar-refractivity contribution is -0.384. The van der Waals surface area contributed by atoms with E-state index in [0.29, 0.717) is 22.9 Å². The van der Waals surface area contributed by atoms with Crippen LogP contribution >= 0.6 is 0 Å². The Morgan fingerprint density at radius 2 is 1.59 bits per heavy atom. The van der Waals surface area contributed by atoms with E-state index in [1.54, 1.807) is 43.0 Å². The van der Waals surface area contributed by atoms with Gasteiger partial charge in [0.1, 0.15) is 18.0 Å². The summed E-state index contributed by atoms with van der Waals surface area (Å²) in [5, 5.41) is 20.1. The van der Waals surface area contributed by atoms with Gasteiger partial charge >= 0.3 is 12.1 Å². The highest BCUT2D eigenvalue weighted by Gasteiger charge is 2.35. The summed E-state index contributed by atoms with van der Waals surface area (Å²) < 4.78 is 11.0. The Kier molecular flexibility index (Phi) is 12.0. The minimum absolute atomic E-state index is 0.00219. The first kappa shape index (κ1) is 35.6. The van der Waals surface area contributed by atoms with Gasteiger partial charge in [0.15, 0.2) is 5.78 Å². The van der Waals surface area contributed by atoms with E-state index in [-0.39, 0.29) is 62.5 Å². The van der Waals surface area contributed by atoms with Crippen LogP contribution in [-0.2, 0) is 30.6 Å². The number of nitrogens with zero attached hydrogens (tertiary/aromatic N) is 3. The SMILES string of the molecule is CC(C)(C)OC(=O)N1CC[C@H]1CO.Cc1cc(C(=O)CCC(=O)ON2C(=O)CCC2=O)cc(C)c1OCc1ccc([N+](=O)[O-])cc1. The highest BCUT2D eigenvalue weighted by atomic mass is 16.7. The number of Topliss-reactive ketones (excluding diaryl/α,β-unsaturated/α-hetero) is 1. The largest absolute Gasteiger partial charge is 0.488 e. The van der Waals surface area contributed by atoms with Crippen molar-refractivity contribution in [1.82, 2.24) is 9.96 Å². The van der Waals surface area contributed by atoms with Crippen LogP contribution in [0.3, 0.4) is 0 Å². The van der Waals surface area contributed by atoms with Crippen molar-refractivity contribution in [2.45, 2.75) is 85.0 Å². The number of hydrogen-bond acceptors (Lipinski definition) is 11. The number of rotatable bonds is 10. The second-order valence-corrected chi connectivity index (χ2v) is 11.9. The van der Waals surface area contributed by atoms with Crippen molar-refractivity contribution in [3.8, 4) is 5.75 Å². The summed E-state index contributed by atoms with van der Waals surface area (Å²) in [6, 6.07) is 9.31. The summed E-state index contributed by atoms with van der Waals surface area (Å²) in [5.41, 5.74) is 2.14. The fourth-order valence-electron chi connectivity index (χ4n) is 4.57. The van der Waals surface area contributed by atoms with Crippen molar-refractivity contribution >= 4 is 35.3 Å². The maximum absolute atomic E-state index is 12.5. The van der Waals surface area contributed by atoms with Crippen LogP contribution in [0.5, 0.6) is 5.75 Å². The molecule has 46 heavy (non-hydrogen) atoms. The predicted octanol–water partition coefficient (Wildman–Crippen LogP) is 4.35. The molecule has 0 spiro atoms. The first-order valence-corrected chi connectivity index (χ1v) is 14.8. The highest BCUT2D eigenvalue weighted by Crippen LogP contribution is 2.27. The third kappa shape index (κ3) is 9.83. The molecule has 3 amide bonds. The van der Waals surface area contributed by atoms with Crippen molar-refractivity contribution in [3.63, 3.8) is 0 Å². The van der Waals surface area contributed by atoms with Gasteiger partial charge in [-0.3, -0.25) is 24.5 Å². The third-order valence-corrected chi connectivity index (χ3v) is 7.05. The standard InChI is InChI=1S/C23H22N2O8.C9H17NO3/c1-14-11-17(19(26)7-10-22(29)33-24-20(27)8-9-21(24)28)12-15(2)23(14)32-13-16-3-5-18(6-4-16)25(30)31;1-9(2,3)13-8(12)10-5-4-7(10)6-11/h3-6,11-12H,7-10,13H2,1-2H3;7,11H,4-6H2,1-3H3/t;7-/m.0/s1. The normalized spacial score (nSPS) is 15.8. The van der Waals surface area contributed by atoms with Gasteiger partial charge < -0.3 is 24.3 Å². The second-order valence-electron chi connectivity index (χ2n) is 11.9. The molecule has 0 aromatic heterocycles. The molecular formula is C32H39N3O11. The quantitative estimate of drug-likeness (QED) is 0.168. The molecule has 2 heterocycles. The van der Waals surface area contributed by atoms with Crippen molar-refractivity contribution in [2.24, 2.45) is 0 Å². The minimum Gasteiger partial charge on any atom is -0.488 e. The number of imide groups is 1. The molecule has 2 saturated heterocycles. The molecule has 4 rings (SSSR count). The number of nitro benzene ring substituents is 1. The first-order chi connectivity index (χ1) is 21.6. The molecule has 1 N–H and O–H groups in total. The van der Waals surface area contributed by atoms with Gasteiger partial charge in [0.05, 0.1) is 24.0 Å². The number of non-ortho nitro benzene ring substituents is 1. The van der Waals surface area contributed by atoms with Crippen molar-refractivity contribution < 1.29 is 48.3 Å². The Balaban J connectivity index is 0.000000370. The summed E-state index contributed by atoms with van der Waals surface area (Å²) >= 11 is 0. The molecule has 0 radical (unpaired) electrons. The monoisotopic (exact) mass is 641 g/mol. The summed E-state index contributed by atoms with van der Waals surface area (Å²) in [7, 11) is 0. The fourth-order valence-corrected chi connectivity index (χ4v) is 4.57. The van der Waals surface area contributed by atoms with Crippen LogP contribution < -0.4 is 4.74 Å². The topological polar surface area (TPSA) is 183 Å². The maximum Gasteiger partial charge on any atom is 0.410 e. The van der Waals surface area contributed by atoms with E-state index in [2.05, 4.69) is 0 Å². The Bertz CT molecular complexity index is 1440. The number of benzene rings is 2. The Morgan fingerprint density at radius 3 is 2.07 bits per heavy atom. The molecule has 0 bridgehead atoms. The van der Waals surface area contributed by atoms with E-state index >= 15 is 0 Å². The molecule has 0 aliphatic carbocycles. The molecule has 2 fully saturated rings. The number of ketones is 1. The average Bonchev–Trinajstić information content (AvgIpc) is 3.26. The molecule has 14 nitrogen and oxygen atoms in total. The Labute approximate surface area is 266 Å². The molecule has 2 aromatic rings. The predicted molar refractivity (Wildman–Crippen MR) is 163 cm³/mol. The molecule has 2 aromatic carbocycles. The molecule has 2 aliphatic heterocycles. The number of ether oxygens (including phenoxy) is 2. The van der Waals surface area contributed by atoms with Crippen molar-refractivity contribution in [2.75, 3.05) is 13.2 Å². The van der Waals surface area contributed by atoms with Crippen LogP contribution in [0.1, 0.15) is 79.9 Å². The number of nitro groups is 1. The van der Waals surface area contributed by atoms with Gasteiger partial charge in [-0.1, -0.05) is 0 Å². The van der Waals surface area contributed by atoms with Gasteiger partial charge in [-0.25, -0.2) is 9.59 Å². The van der Waals surface area contributed by atoms with Gasteiger partial charge in [-0.05, 0) is 82.0 Å². The summed E-state index contributed by atoms with van der Waals surface area (Å²) in [4.78, 5) is 75.5. The number of carbonyl (C=O) groups is 5. The van der Waals surface area contributed by atoms with Crippen LogP contribution in [0.2, 0.25) is 0 Å². The van der Waals surface area contributed by atoms with E-state index in [1.165, 1.54) is 12.1 Å². The summed E-state index contributed by atoms with van der Waals surface area (Å²) in [6.45, 7) is 9.99. The van der Waals surface area contributed by atoms with Crippen LogP contribution in [0.25, 0.3) is 0 Å². The van der Waals surface area contributed by atoms with Crippen molar-refractivity contribution in [3.05, 3.63) is 68.8 Å². The minimum atomic E-state index is -0.830. The molecule has 14 heteroatoms. The number of amides is 3. The van der Waals surface area contributed by atoms with Gasteiger partial charge in [0.2, 0.25) is 0 Å². The lowest BCUT2D eigenvalue weighted by atomic mass is 10.0. The van der Waals surface area contributed by atoms with E-state index in [4.69, 9.17) is 19.4 Å². The molecule has 1 atom stereocenters. The fraction of sp³-hybridized carbons (Fsp3) is 0.469. The smallest absolute Gasteiger partial charge is 0.410 e. The lowest BCUT2D eigenvalue weighted by Gasteiger charge is -2.40. The zero-order valence-corrected chi connectivity index (χ0v) is 26.6. The highest BCUT2D eigenvalue weighted by molar-refractivity contribution is 6.02. The zero-order valence-electron chi connectivity index (χ0n) is 26.6. The lowest BCUT2D eigenvalue weighted by Crippen LogP contribution is -2.54. The number of aryl methyl sites for hydroxylation is 2. The average molecular weight is 642 g/mol. The second kappa shape index (κ2) is 15.4. The number of hydrogen-bond donors (Lipinski definition) is 1. The number of hydroxylamine groups is 2. The Hall–Kier alpha value is -4.85. The number of aliphatic hydroxyl groups excluding tert-OH is 1. The van der Waals surface area contributed by atoms with Crippen LogP contribution in [0.15, 0.2) is 36.4 Å². The van der Waals surface area contributed by atoms with Crippen LogP contribution in [0.4, 0.5) is 10.5 Å². The molecule has 248 valence electrons. The maximum atomic E-state index is 12.5. The van der Waals surface area contributed by atoms with E-state index in [9.17, 15) is 34.1 Å². The summed E-state index contributed by atoms with van der Waals surface area (Å²) in [5.74, 6) is -1.68. The van der Waals surface area contributed by atoms with Crippen LogP contribution in [0, 0.1) is 24.0 Å². The molecule has 0 saturated carbocycles. The van der Waals surface area contributed by atoms with E-state index < -0.39 is 28.3 Å². The Morgan fingerprint density at radius 1 is 1.00 bits per heavy atom. The third-order valence-electron chi connectivity index (χ3n) is 7.05. The summed E-state index contributed by atoms with van der Waals surface area (Å²) in [6.07, 6.45) is 0.140. The number of likely N-dealkylation sites (tertiary alicyclic amines) is 1. The zero-order chi connectivity index (χ0) is 34.2. The molecule has 0 unspecified atom stereocenters. The number of aliphatic hydroxyl groups is 1. The first-order valence-electron chi connectivity index (χ1n) is 14.8. The van der Waals surface area contributed by atoms with Gasteiger partial charge in [0, 0.05) is 43.5 Å². The molecular weight excluding hydrogens is 602 g/mol. The van der Waals surface area contributed by atoms with Crippen molar-refractivity contribution in [1.29, 1.82) is 0 Å².